The molecule has 0 bridgehead atoms. The molecule has 0 aliphatic carbocycles. The molecule has 37 heavy (non-hydrogen) atoms. The van der Waals surface area contributed by atoms with Crippen molar-refractivity contribution in [1.82, 2.24) is 14.5 Å². The minimum atomic E-state index is -3.51. The van der Waals surface area contributed by atoms with E-state index in [1.165, 1.54) is 4.31 Å². The summed E-state index contributed by atoms with van der Waals surface area (Å²) in [5, 5.41) is 17.7. The topological polar surface area (TPSA) is 154 Å². The van der Waals surface area contributed by atoms with Gasteiger partial charge in [-0.1, -0.05) is 18.2 Å². The number of methoxy groups -OCH3 is 1. The summed E-state index contributed by atoms with van der Waals surface area (Å²) in [6.45, 7) is 6.56. The van der Waals surface area contributed by atoms with Crippen LogP contribution in [0, 0.1) is 13.8 Å². The molecule has 0 atom stereocenters. The Morgan fingerprint density at radius 2 is 1.51 bits per heavy atom. The fourth-order valence-electron chi connectivity index (χ4n) is 3.55. The zero-order chi connectivity index (χ0) is 27.6. The van der Waals surface area contributed by atoms with Crippen molar-refractivity contribution in [1.29, 1.82) is 0 Å². The number of carboxylic acids is 2. The third-order valence-corrected chi connectivity index (χ3v) is 7.79. The number of aryl methyl sites for hydroxylation is 2. The lowest BCUT2D eigenvalue weighted by Crippen LogP contribution is -2.51. The first kappa shape index (κ1) is 29.7. The Balaban J connectivity index is 0.000000717. The van der Waals surface area contributed by atoms with Gasteiger partial charge >= 0.3 is 11.9 Å². The third-order valence-electron chi connectivity index (χ3n) is 5.89. The molecule has 1 amide bonds. The van der Waals surface area contributed by atoms with Gasteiger partial charge in [0.25, 0.3) is 0 Å². The van der Waals surface area contributed by atoms with Crippen molar-refractivity contribution in [2.75, 3.05) is 46.4 Å². The number of benzene rings is 2. The Kier molecular flexibility index (Phi) is 11.0. The molecular weight excluding hydrogens is 502 g/mol. The van der Waals surface area contributed by atoms with Crippen LogP contribution in [0.15, 0.2) is 47.4 Å². The van der Waals surface area contributed by atoms with Gasteiger partial charge < -0.3 is 20.3 Å². The number of piperazine rings is 1. The van der Waals surface area contributed by atoms with Gasteiger partial charge in [-0.2, -0.15) is 4.31 Å². The molecule has 1 heterocycles. The third kappa shape index (κ3) is 9.16. The van der Waals surface area contributed by atoms with E-state index in [1.807, 2.05) is 49.1 Å². The Morgan fingerprint density at radius 3 is 2.03 bits per heavy atom. The molecule has 0 aromatic heterocycles. The van der Waals surface area contributed by atoms with Gasteiger partial charge in [-0.15, -0.1) is 0 Å². The van der Waals surface area contributed by atoms with E-state index in [0.717, 1.165) is 28.9 Å². The number of ether oxygens (including phenoxy) is 1. The van der Waals surface area contributed by atoms with Crippen LogP contribution in [0.1, 0.15) is 16.7 Å². The molecule has 0 unspecified atom stereocenters. The molecule has 1 fully saturated rings. The van der Waals surface area contributed by atoms with Gasteiger partial charge in [0.05, 0.1) is 18.6 Å². The Morgan fingerprint density at radius 1 is 0.919 bits per heavy atom. The number of carboxylic acid groups (broad SMARTS) is 2. The van der Waals surface area contributed by atoms with E-state index >= 15 is 0 Å². The number of hydrogen-bond donors (Lipinski definition) is 3. The highest BCUT2D eigenvalue weighted by molar-refractivity contribution is 7.89. The van der Waals surface area contributed by atoms with Crippen molar-refractivity contribution in [2.45, 2.75) is 25.2 Å². The van der Waals surface area contributed by atoms with E-state index in [9.17, 15) is 13.2 Å². The SMILES string of the molecule is COc1ccc(CCNC(=O)CN2CCN(S(=O)(=O)c3ccc(C)c(C)c3)CC2)cc1.O=C(O)C(=O)O. The number of sulfonamides is 1. The van der Waals surface area contributed by atoms with Crippen LogP contribution in [-0.2, 0) is 30.8 Å². The molecule has 2 aromatic rings. The Bertz CT molecular complexity index is 1180. The molecule has 1 aliphatic heterocycles. The largest absolute Gasteiger partial charge is 0.497 e. The summed E-state index contributed by atoms with van der Waals surface area (Å²) < 4.78 is 32.5. The van der Waals surface area contributed by atoms with E-state index in [-0.39, 0.29) is 12.5 Å². The predicted molar refractivity (Wildman–Crippen MR) is 136 cm³/mol. The fraction of sp³-hybridized carbons (Fsp3) is 0.400. The summed E-state index contributed by atoms with van der Waals surface area (Å²) in [6, 6.07) is 13.0. The molecule has 3 N–H and O–H groups in total. The number of carbonyl (C=O) groups excluding carboxylic acids is 1. The highest BCUT2D eigenvalue weighted by atomic mass is 32.2. The van der Waals surface area contributed by atoms with Crippen molar-refractivity contribution in [3.8, 4) is 5.75 Å². The van der Waals surface area contributed by atoms with Gasteiger partial charge in [0.15, 0.2) is 0 Å². The first-order valence-electron chi connectivity index (χ1n) is 11.6. The van der Waals surface area contributed by atoms with Crippen molar-refractivity contribution in [3.05, 3.63) is 59.2 Å². The first-order valence-corrected chi connectivity index (χ1v) is 13.0. The summed E-state index contributed by atoms with van der Waals surface area (Å²) in [5.74, 6) is -2.88. The number of rotatable bonds is 8. The number of carbonyl (C=O) groups is 3. The van der Waals surface area contributed by atoms with E-state index < -0.39 is 22.0 Å². The predicted octanol–water partition coefficient (Wildman–Crippen LogP) is 1.13. The smallest absolute Gasteiger partial charge is 0.414 e. The Hall–Kier alpha value is -3.48. The van der Waals surface area contributed by atoms with Crippen molar-refractivity contribution >= 4 is 27.9 Å². The number of aliphatic carboxylic acids is 2. The first-order chi connectivity index (χ1) is 17.4. The maximum atomic E-state index is 12.9. The molecule has 1 saturated heterocycles. The van der Waals surface area contributed by atoms with Gasteiger partial charge in [-0.25, -0.2) is 18.0 Å². The summed E-state index contributed by atoms with van der Waals surface area (Å²) in [7, 11) is -1.87. The molecule has 0 radical (unpaired) electrons. The molecule has 11 nitrogen and oxygen atoms in total. The van der Waals surface area contributed by atoms with Gasteiger partial charge in [0.2, 0.25) is 15.9 Å². The second-order valence-corrected chi connectivity index (χ2v) is 10.4. The van der Waals surface area contributed by atoms with Crippen LogP contribution in [0.2, 0.25) is 0 Å². The maximum absolute atomic E-state index is 12.9. The summed E-state index contributed by atoms with van der Waals surface area (Å²) >= 11 is 0. The Labute approximate surface area is 216 Å². The minimum absolute atomic E-state index is 0.0426. The van der Waals surface area contributed by atoms with Crippen LogP contribution in [0.3, 0.4) is 0 Å². The number of nitrogens with zero attached hydrogens (tertiary/aromatic N) is 2. The van der Waals surface area contributed by atoms with Crippen molar-refractivity contribution in [3.63, 3.8) is 0 Å². The zero-order valence-electron chi connectivity index (χ0n) is 21.1. The monoisotopic (exact) mass is 535 g/mol. The van der Waals surface area contributed by atoms with E-state index in [0.29, 0.717) is 37.6 Å². The fourth-order valence-corrected chi connectivity index (χ4v) is 5.06. The number of nitrogens with one attached hydrogen (secondary N) is 1. The van der Waals surface area contributed by atoms with Gasteiger partial charge in [0, 0.05) is 32.7 Å². The molecule has 0 spiro atoms. The van der Waals surface area contributed by atoms with Crippen LogP contribution in [0.25, 0.3) is 0 Å². The van der Waals surface area contributed by atoms with Crippen LogP contribution < -0.4 is 10.1 Å². The molecular formula is C25H33N3O8S. The minimum Gasteiger partial charge on any atom is -0.497 e. The van der Waals surface area contributed by atoms with Gasteiger partial charge in [0.1, 0.15) is 5.75 Å². The lowest BCUT2D eigenvalue weighted by Gasteiger charge is -2.33. The average molecular weight is 536 g/mol. The maximum Gasteiger partial charge on any atom is 0.414 e. The summed E-state index contributed by atoms with van der Waals surface area (Å²) in [6.07, 6.45) is 0.748. The van der Waals surface area contributed by atoms with E-state index in [4.69, 9.17) is 24.5 Å². The van der Waals surface area contributed by atoms with Gasteiger partial charge in [-0.3, -0.25) is 9.69 Å². The molecule has 3 rings (SSSR count). The van der Waals surface area contributed by atoms with Crippen molar-refractivity contribution < 1.29 is 37.8 Å². The van der Waals surface area contributed by atoms with Gasteiger partial charge in [-0.05, 0) is 61.2 Å². The van der Waals surface area contributed by atoms with Crippen molar-refractivity contribution in [2.24, 2.45) is 0 Å². The second-order valence-electron chi connectivity index (χ2n) is 8.48. The summed E-state index contributed by atoms with van der Waals surface area (Å²) in [4.78, 5) is 32.8. The lowest BCUT2D eigenvalue weighted by atomic mass is 10.1. The van der Waals surface area contributed by atoms with Crippen LogP contribution in [0.5, 0.6) is 5.75 Å². The van der Waals surface area contributed by atoms with Crippen LogP contribution >= 0.6 is 0 Å². The average Bonchev–Trinajstić information content (AvgIpc) is 2.86. The van der Waals surface area contributed by atoms with E-state index in [1.54, 1.807) is 19.2 Å². The molecule has 0 saturated carbocycles. The van der Waals surface area contributed by atoms with Crippen LogP contribution in [0.4, 0.5) is 0 Å². The van der Waals surface area contributed by atoms with E-state index in [2.05, 4.69) is 5.32 Å². The summed E-state index contributed by atoms with van der Waals surface area (Å²) in [5.41, 5.74) is 3.17. The highest BCUT2D eigenvalue weighted by Gasteiger charge is 2.29. The molecule has 2 aromatic carbocycles. The second kappa shape index (κ2) is 13.7. The highest BCUT2D eigenvalue weighted by Crippen LogP contribution is 2.20. The zero-order valence-corrected chi connectivity index (χ0v) is 22.0. The number of hydrogen-bond acceptors (Lipinski definition) is 7. The normalized spacial score (nSPS) is 14.2. The molecule has 12 heteroatoms. The van der Waals surface area contributed by atoms with Crippen LogP contribution in [-0.4, -0.2) is 92.1 Å². The molecule has 202 valence electrons. The lowest BCUT2D eigenvalue weighted by molar-refractivity contribution is -0.159. The standard InChI is InChI=1S/C23H31N3O4S.C2H2O4/c1-18-4-9-22(16-19(18)2)31(28,29)26-14-12-25(13-15-26)17-23(27)24-11-10-20-5-7-21(30-3)8-6-20;3-1(4)2(5)6/h4-9,16H,10-15,17H2,1-3H3,(H,24,27);(H,3,4)(H,5,6). The quantitative estimate of drug-likeness (QED) is 0.422. The number of amides is 1. The molecule has 1 aliphatic rings.